The van der Waals surface area contributed by atoms with Crippen molar-refractivity contribution in [1.29, 1.82) is 0 Å². The highest BCUT2D eigenvalue weighted by molar-refractivity contribution is 7.18. The first-order chi connectivity index (χ1) is 10.1. The van der Waals surface area contributed by atoms with Crippen LogP contribution in [0.4, 0.5) is 0 Å². The van der Waals surface area contributed by atoms with Crippen LogP contribution in [0, 0.1) is 13.8 Å². The maximum atomic E-state index is 12.6. The Hall–Kier alpha value is -1.94. The molecule has 0 saturated heterocycles. The molecule has 2 aromatic heterocycles. The second-order valence-corrected chi connectivity index (χ2v) is 6.51. The van der Waals surface area contributed by atoms with Crippen molar-refractivity contribution in [2.24, 2.45) is 0 Å². The van der Waals surface area contributed by atoms with Crippen molar-refractivity contribution in [3.63, 3.8) is 0 Å². The third-order valence-corrected chi connectivity index (χ3v) is 5.06. The zero-order valence-corrected chi connectivity index (χ0v) is 13.3. The molecule has 0 aliphatic carbocycles. The Kier molecular flexibility index (Phi) is 3.64. The third-order valence-electron chi connectivity index (χ3n) is 3.94. The summed E-state index contributed by atoms with van der Waals surface area (Å²) in [4.78, 5) is 19.1. The normalized spacial score (nSPS) is 11.2. The predicted octanol–water partition coefficient (Wildman–Crippen LogP) is 3.69. The van der Waals surface area contributed by atoms with E-state index in [1.54, 1.807) is 22.2 Å². The van der Waals surface area contributed by atoms with E-state index in [4.69, 9.17) is 0 Å². The zero-order chi connectivity index (χ0) is 15.0. The van der Waals surface area contributed by atoms with Crippen LogP contribution in [0.25, 0.3) is 10.2 Å². The van der Waals surface area contributed by atoms with E-state index in [0.717, 1.165) is 27.8 Å². The van der Waals surface area contributed by atoms with E-state index in [1.807, 2.05) is 13.8 Å². The number of hydrogen-bond acceptors (Lipinski definition) is 3. The molecule has 0 radical (unpaired) electrons. The van der Waals surface area contributed by atoms with Crippen molar-refractivity contribution in [2.45, 2.75) is 33.7 Å². The molecule has 2 heterocycles. The van der Waals surface area contributed by atoms with Crippen LogP contribution in [0.2, 0.25) is 0 Å². The summed E-state index contributed by atoms with van der Waals surface area (Å²) in [5.41, 5.74) is 3.55. The van der Waals surface area contributed by atoms with Gasteiger partial charge in [0.1, 0.15) is 4.83 Å². The summed E-state index contributed by atoms with van der Waals surface area (Å²) in [5, 5.41) is 0.769. The first-order valence-corrected chi connectivity index (χ1v) is 7.94. The van der Waals surface area contributed by atoms with Gasteiger partial charge in [0.15, 0.2) is 0 Å². The average Bonchev–Trinajstić information content (AvgIpc) is 2.79. The smallest absolute Gasteiger partial charge is 0.262 e. The molecule has 0 spiro atoms. The molecule has 0 atom stereocenters. The number of benzene rings is 1. The second kappa shape index (κ2) is 5.45. The molecule has 0 aliphatic heterocycles. The Balaban J connectivity index is 2.02. The first kappa shape index (κ1) is 14.0. The lowest BCUT2D eigenvalue weighted by atomic mass is 10.1. The quantitative estimate of drug-likeness (QED) is 0.739. The van der Waals surface area contributed by atoms with Crippen LogP contribution < -0.4 is 5.56 Å². The van der Waals surface area contributed by atoms with E-state index in [2.05, 4.69) is 36.2 Å². The van der Waals surface area contributed by atoms with E-state index in [9.17, 15) is 4.79 Å². The predicted molar refractivity (Wildman–Crippen MR) is 88.3 cm³/mol. The number of thiophene rings is 1. The molecule has 1 aromatic carbocycles. The molecule has 0 bridgehead atoms. The summed E-state index contributed by atoms with van der Waals surface area (Å²) in [6.07, 6.45) is 2.69. The first-order valence-electron chi connectivity index (χ1n) is 7.13. The highest BCUT2D eigenvalue weighted by Crippen LogP contribution is 2.25. The molecule has 0 saturated carbocycles. The number of fused-ring (bicyclic) bond motifs is 1. The second-order valence-electron chi connectivity index (χ2n) is 5.31. The van der Waals surface area contributed by atoms with E-state index < -0.39 is 0 Å². The number of aromatic nitrogens is 2. The lowest BCUT2D eigenvalue weighted by Crippen LogP contribution is -2.21. The molecular weight excluding hydrogens is 280 g/mol. The van der Waals surface area contributed by atoms with Crippen LogP contribution in [0.3, 0.4) is 0 Å². The zero-order valence-electron chi connectivity index (χ0n) is 12.5. The van der Waals surface area contributed by atoms with Crippen LogP contribution in [-0.4, -0.2) is 9.55 Å². The Morgan fingerprint density at radius 2 is 1.81 bits per heavy atom. The summed E-state index contributed by atoms with van der Waals surface area (Å²) < 4.78 is 1.70. The fourth-order valence-electron chi connectivity index (χ4n) is 2.46. The van der Waals surface area contributed by atoms with Crippen LogP contribution in [0.5, 0.6) is 0 Å². The summed E-state index contributed by atoms with van der Waals surface area (Å²) in [6, 6.07) is 8.40. The highest BCUT2D eigenvalue weighted by Gasteiger charge is 2.12. The topological polar surface area (TPSA) is 34.9 Å². The molecule has 0 aliphatic rings. The molecule has 21 heavy (non-hydrogen) atoms. The van der Waals surface area contributed by atoms with Crippen LogP contribution in [0.15, 0.2) is 35.4 Å². The Bertz CT molecular complexity index is 844. The van der Waals surface area contributed by atoms with Crippen molar-refractivity contribution in [3.05, 3.63) is 62.5 Å². The minimum absolute atomic E-state index is 0.0569. The van der Waals surface area contributed by atoms with Crippen molar-refractivity contribution in [1.82, 2.24) is 9.55 Å². The molecule has 0 N–H and O–H groups in total. The van der Waals surface area contributed by atoms with Crippen molar-refractivity contribution in [3.8, 4) is 0 Å². The van der Waals surface area contributed by atoms with E-state index in [0.29, 0.717) is 6.54 Å². The van der Waals surface area contributed by atoms with Gasteiger partial charge in [-0.15, -0.1) is 11.3 Å². The Labute approximate surface area is 127 Å². The molecule has 0 amide bonds. The fourth-order valence-corrected chi connectivity index (χ4v) is 3.45. The largest absolute Gasteiger partial charge is 0.294 e. The van der Waals surface area contributed by atoms with Gasteiger partial charge >= 0.3 is 0 Å². The summed E-state index contributed by atoms with van der Waals surface area (Å²) in [7, 11) is 0. The van der Waals surface area contributed by atoms with E-state index >= 15 is 0 Å². The van der Waals surface area contributed by atoms with Gasteiger partial charge in [-0.05, 0) is 37.0 Å². The summed E-state index contributed by atoms with van der Waals surface area (Å²) in [6.45, 7) is 6.74. The summed E-state index contributed by atoms with van der Waals surface area (Å²) in [5.74, 6) is 0. The van der Waals surface area contributed by atoms with Crippen molar-refractivity contribution in [2.75, 3.05) is 0 Å². The monoisotopic (exact) mass is 298 g/mol. The van der Waals surface area contributed by atoms with Gasteiger partial charge in [0.25, 0.3) is 5.56 Å². The van der Waals surface area contributed by atoms with E-state index in [-0.39, 0.29) is 5.56 Å². The lowest BCUT2D eigenvalue weighted by Gasteiger charge is -2.06. The average molecular weight is 298 g/mol. The maximum absolute atomic E-state index is 12.6. The molecule has 3 aromatic rings. The van der Waals surface area contributed by atoms with Gasteiger partial charge in [0.2, 0.25) is 0 Å². The molecule has 0 unspecified atom stereocenters. The Morgan fingerprint density at radius 3 is 2.48 bits per heavy atom. The molecule has 4 heteroatoms. The van der Waals surface area contributed by atoms with Gasteiger partial charge in [0.05, 0.1) is 18.3 Å². The van der Waals surface area contributed by atoms with Gasteiger partial charge in [-0.25, -0.2) is 4.98 Å². The van der Waals surface area contributed by atoms with Crippen LogP contribution in [0.1, 0.15) is 28.5 Å². The molecule has 3 rings (SSSR count). The number of rotatable bonds is 3. The fraction of sp³-hybridized carbons (Fsp3) is 0.294. The lowest BCUT2D eigenvalue weighted by molar-refractivity contribution is 0.748. The minimum Gasteiger partial charge on any atom is -0.294 e. The van der Waals surface area contributed by atoms with Gasteiger partial charge in [0, 0.05) is 4.88 Å². The van der Waals surface area contributed by atoms with Crippen LogP contribution in [-0.2, 0) is 13.0 Å². The third kappa shape index (κ3) is 2.51. The van der Waals surface area contributed by atoms with Gasteiger partial charge in [-0.2, -0.15) is 0 Å². The SMILES string of the molecule is CCc1ccc(Cn2cnc3sc(C)c(C)c3c2=O)cc1. The van der Waals surface area contributed by atoms with Crippen LogP contribution >= 0.6 is 11.3 Å². The number of nitrogens with zero attached hydrogens (tertiary/aromatic N) is 2. The van der Waals surface area contributed by atoms with E-state index in [1.165, 1.54) is 10.4 Å². The standard InChI is InChI=1S/C17H18N2OS/c1-4-13-5-7-14(8-6-13)9-19-10-18-16-15(17(19)20)11(2)12(3)21-16/h5-8,10H,4,9H2,1-3H3. The van der Waals surface area contributed by atoms with Gasteiger partial charge < -0.3 is 0 Å². The Morgan fingerprint density at radius 1 is 1.14 bits per heavy atom. The minimum atomic E-state index is 0.0569. The summed E-state index contributed by atoms with van der Waals surface area (Å²) >= 11 is 1.59. The van der Waals surface area contributed by atoms with Crippen molar-refractivity contribution < 1.29 is 0 Å². The number of aryl methyl sites for hydroxylation is 3. The highest BCUT2D eigenvalue weighted by atomic mass is 32.1. The molecule has 3 nitrogen and oxygen atoms in total. The van der Waals surface area contributed by atoms with Gasteiger partial charge in [-0.1, -0.05) is 31.2 Å². The van der Waals surface area contributed by atoms with Gasteiger partial charge in [-0.3, -0.25) is 9.36 Å². The van der Waals surface area contributed by atoms with Crippen molar-refractivity contribution >= 4 is 21.6 Å². The maximum Gasteiger partial charge on any atom is 0.262 e. The molecule has 0 fully saturated rings. The molecular formula is C17H18N2OS. The molecule has 108 valence electrons. The number of hydrogen-bond donors (Lipinski definition) is 0.